The van der Waals surface area contributed by atoms with Crippen LogP contribution in [0.5, 0.6) is 11.5 Å². The molecule has 1 aliphatic rings. The molecular formula is C21H26N2O3. The van der Waals surface area contributed by atoms with Gasteiger partial charge in [0.1, 0.15) is 6.61 Å². The summed E-state index contributed by atoms with van der Waals surface area (Å²) in [5.41, 5.74) is 1.09. The lowest BCUT2D eigenvalue weighted by Gasteiger charge is -2.31. The predicted molar refractivity (Wildman–Crippen MR) is 101 cm³/mol. The number of amides is 1. The van der Waals surface area contributed by atoms with Gasteiger partial charge in [0.25, 0.3) is 5.91 Å². The second-order valence-corrected chi connectivity index (χ2v) is 6.45. The number of piperidine rings is 1. The highest BCUT2D eigenvalue weighted by molar-refractivity contribution is 5.78. The molecule has 1 amide bonds. The van der Waals surface area contributed by atoms with Crippen molar-refractivity contribution in [3.8, 4) is 11.5 Å². The summed E-state index contributed by atoms with van der Waals surface area (Å²) >= 11 is 0. The topological polar surface area (TPSA) is 50.8 Å². The van der Waals surface area contributed by atoms with E-state index in [1.165, 1.54) is 0 Å². The molecule has 2 aromatic carbocycles. The molecule has 0 unspecified atom stereocenters. The molecule has 1 heterocycles. The van der Waals surface area contributed by atoms with Gasteiger partial charge in [0, 0.05) is 19.1 Å². The van der Waals surface area contributed by atoms with Crippen molar-refractivity contribution in [2.45, 2.75) is 25.5 Å². The minimum Gasteiger partial charge on any atom is -0.485 e. The van der Waals surface area contributed by atoms with Crippen LogP contribution >= 0.6 is 0 Å². The van der Waals surface area contributed by atoms with Crippen molar-refractivity contribution >= 4 is 5.91 Å². The van der Waals surface area contributed by atoms with Crippen molar-refractivity contribution in [2.75, 3.05) is 26.7 Å². The Kier molecular flexibility index (Phi) is 6.50. The average Bonchev–Trinajstić information content (AvgIpc) is 2.72. The van der Waals surface area contributed by atoms with E-state index in [0.29, 0.717) is 24.1 Å². The highest BCUT2D eigenvalue weighted by Crippen LogP contribution is 2.27. The first kappa shape index (κ1) is 18.3. The molecular weight excluding hydrogens is 328 g/mol. The van der Waals surface area contributed by atoms with Gasteiger partial charge in [-0.2, -0.15) is 0 Å². The quantitative estimate of drug-likeness (QED) is 0.831. The van der Waals surface area contributed by atoms with Gasteiger partial charge < -0.3 is 19.7 Å². The summed E-state index contributed by atoms with van der Waals surface area (Å²) in [7, 11) is 1.97. The molecule has 0 radical (unpaired) electrons. The lowest BCUT2D eigenvalue weighted by Crippen LogP contribution is -2.45. The molecule has 0 bridgehead atoms. The zero-order chi connectivity index (χ0) is 18.2. The van der Waals surface area contributed by atoms with E-state index in [9.17, 15) is 4.79 Å². The summed E-state index contributed by atoms with van der Waals surface area (Å²) < 4.78 is 11.6. The summed E-state index contributed by atoms with van der Waals surface area (Å²) in [6.45, 7) is 2.06. The second-order valence-electron chi connectivity index (χ2n) is 6.45. The molecule has 0 aromatic heterocycles. The Bertz CT molecular complexity index is 697. The number of ether oxygens (including phenoxy) is 2. The summed E-state index contributed by atoms with van der Waals surface area (Å²) in [6.07, 6.45) is 1.97. The van der Waals surface area contributed by atoms with Gasteiger partial charge in [-0.15, -0.1) is 0 Å². The number of likely N-dealkylation sites (tertiary alicyclic amines) is 1. The molecule has 0 saturated carbocycles. The smallest absolute Gasteiger partial charge is 0.260 e. The number of benzene rings is 2. The van der Waals surface area contributed by atoms with E-state index in [1.54, 1.807) is 0 Å². The van der Waals surface area contributed by atoms with E-state index >= 15 is 0 Å². The zero-order valence-corrected chi connectivity index (χ0v) is 15.2. The first-order chi connectivity index (χ1) is 12.8. The van der Waals surface area contributed by atoms with Crippen molar-refractivity contribution in [3.05, 3.63) is 60.2 Å². The first-order valence-electron chi connectivity index (χ1n) is 9.10. The lowest BCUT2D eigenvalue weighted by atomic mass is 10.1. The van der Waals surface area contributed by atoms with E-state index in [2.05, 4.69) is 5.32 Å². The van der Waals surface area contributed by atoms with Crippen LogP contribution in [-0.2, 0) is 11.4 Å². The maximum Gasteiger partial charge on any atom is 0.260 e. The molecule has 1 aliphatic heterocycles. The van der Waals surface area contributed by atoms with Crippen molar-refractivity contribution in [3.63, 3.8) is 0 Å². The van der Waals surface area contributed by atoms with Crippen molar-refractivity contribution in [1.29, 1.82) is 0 Å². The predicted octanol–water partition coefficient (Wildman–Crippen LogP) is 2.85. The molecule has 3 rings (SSSR count). The number of rotatable bonds is 7. The third-order valence-electron chi connectivity index (χ3n) is 4.69. The second kappa shape index (κ2) is 9.25. The highest BCUT2D eigenvalue weighted by atomic mass is 16.5. The number of carbonyl (C=O) groups excluding carboxylic acids is 1. The Morgan fingerprint density at radius 2 is 1.62 bits per heavy atom. The van der Waals surface area contributed by atoms with Crippen LogP contribution in [0.3, 0.4) is 0 Å². The standard InChI is InChI=1S/C21H26N2O3/c1-22-18-11-13-23(14-12-18)21(24)16-26-20-10-6-5-9-19(20)25-15-17-7-3-2-4-8-17/h2-10,18,22H,11-16H2,1H3. The summed E-state index contributed by atoms with van der Waals surface area (Å²) in [6, 6.07) is 18.0. The Labute approximate surface area is 154 Å². The van der Waals surface area contributed by atoms with Crippen LogP contribution in [0, 0.1) is 0 Å². The maximum atomic E-state index is 12.4. The summed E-state index contributed by atoms with van der Waals surface area (Å²) in [5.74, 6) is 1.28. The van der Waals surface area contributed by atoms with Crippen LogP contribution in [0.2, 0.25) is 0 Å². The number of hydrogen-bond donors (Lipinski definition) is 1. The van der Waals surface area contributed by atoms with Gasteiger partial charge in [-0.25, -0.2) is 0 Å². The molecule has 2 aromatic rings. The monoisotopic (exact) mass is 354 g/mol. The zero-order valence-electron chi connectivity index (χ0n) is 15.2. The fourth-order valence-electron chi connectivity index (χ4n) is 3.07. The van der Waals surface area contributed by atoms with E-state index in [0.717, 1.165) is 31.5 Å². The number of hydrogen-bond acceptors (Lipinski definition) is 4. The highest BCUT2D eigenvalue weighted by Gasteiger charge is 2.22. The van der Waals surface area contributed by atoms with Crippen LogP contribution in [0.15, 0.2) is 54.6 Å². The molecule has 0 atom stereocenters. The Morgan fingerprint density at radius 1 is 1.00 bits per heavy atom. The summed E-state index contributed by atoms with van der Waals surface area (Å²) in [4.78, 5) is 14.3. The van der Waals surface area contributed by atoms with Gasteiger partial charge in [0.15, 0.2) is 18.1 Å². The molecule has 1 fully saturated rings. The van der Waals surface area contributed by atoms with Gasteiger partial charge in [0.05, 0.1) is 0 Å². The molecule has 0 aliphatic carbocycles. The molecule has 1 N–H and O–H groups in total. The van der Waals surface area contributed by atoms with Gasteiger partial charge >= 0.3 is 0 Å². The first-order valence-corrected chi connectivity index (χ1v) is 9.10. The molecule has 26 heavy (non-hydrogen) atoms. The molecule has 138 valence electrons. The maximum absolute atomic E-state index is 12.4. The fourth-order valence-corrected chi connectivity index (χ4v) is 3.07. The normalized spacial score (nSPS) is 14.9. The third kappa shape index (κ3) is 4.99. The largest absolute Gasteiger partial charge is 0.485 e. The van der Waals surface area contributed by atoms with Crippen LogP contribution in [0.4, 0.5) is 0 Å². The van der Waals surface area contributed by atoms with Crippen molar-refractivity contribution in [2.24, 2.45) is 0 Å². The number of carbonyl (C=O) groups is 1. The molecule has 5 nitrogen and oxygen atoms in total. The fraction of sp³-hybridized carbons (Fsp3) is 0.381. The molecule has 0 spiro atoms. The number of nitrogens with zero attached hydrogens (tertiary/aromatic N) is 1. The summed E-state index contributed by atoms with van der Waals surface area (Å²) in [5, 5.41) is 3.27. The Hall–Kier alpha value is -2.53. The Morgan fingerprint density at radius 3 is 2.27 bits per heavy atom. The van der Waals surface area contributed by atoms with Gasteiger partial charge in [0.2, 0.25) is 0 Å². The molecule has 1 saturated heterocycles. The van der Waals surface area contributed by atoms with E-state index in [4.69, 9.17) is 9.47 Å². The van der Waals surface area contributed by atoms with Gasteiger partial charge in [-0.3, -0.25) is 4.79 Å². The SMILES string of the molecule is CNC1CCN(C(=O)COc2ccccc2OCc2ccccc2)CC1. The van der Waals surface area contributed by atoms with E-state index in [-0.39, 0.29) is 12.5 Å². The van der Waals surface area contributed by atoms with Crippen molar-refractivity contribution < 1.29 is 14.3 Å². The van der Waals surface area contributed by atoms with Crippen LogP contribution in [0.1, 0.15) is 18.4 Å². The van der Waals surface area contributed by atoms with Crippen LogP contribution in [0.25, 0.3) is 0 Å². The van der Waals surface area contributed by atoms with E-state index in [1.807, 2.05) is 66.5 Å². The minimum atomic E-state index is 0.0254. The van der Waals surface area contributed by atoms with Crippen molar-refractivity contribution in [1.82, 2.24) is 10.2 Å². The van der Waals surface area contributed by atoms with Gasteiger partial charge in [-0.05, 0) is 37.6 Å². The van der Waals surface area contributed by atoms with Crippen LogP contribution in [-0.4, -0.2) is 43.6 Å². The number of para-hydroxylation sites is 2. The molecule has 5 heteroatoms. The van der Waals surface area contributed by atoms with Gasteiger partial charge in [-0.1, -0.05) is 42.5 Å². The van der Waals surface area contributed by atoms with E-state index < -0.39 is 0 Å². The van der Waals surface area contributed by atoms with Crippen LogP contribution < -0.4 is 14.8 Å². The Balaban J connectivity index is 1.52. The minimum absolute atomic E-state index is 0.0254. The average molecular weight is 354 g/mol. The third-order valence-corrected chi connectivity index (χ3v) is 4.69. The lowest BCUT2D eigenvalue weighted by molar-refractivity contribution is -0.134. The number of nitrogens with one attached hydrogen (secondary N) is 1.